The summed E-state index contributed by atoms with van der Waals surface area (Å²) in [5.74, 6) is -2.00. The van der Waals surface area contributed by atoms with Gasteiger partial charge in [0.1, 0.15) is 30.5 Å². The average molecular weight is 996 g/mol. The number of unbranched alkanes of at least 4 members (excludes halogenated alkanes) is 24. The van der Waals surface area contributed by atoms with Gasteiger partial charge in [-0.15, -0.1) is 0 Å². The summed E-state index contributed by atoms with van der Waals surface area (Å²) in [5, 5.41) is 34.3. The van der Waals surface area contributed by atoms with Crippen molar-refractivity contribution in [2.24, 2.45) is 0 Å². The van der Waals surface area contributed by atoms with Crippen molar-refractivity contribution in [2.75, 3.05) is 20.3 Å². The fraction of sp³-hybridized carbons (Fsp3) is 0.941. The van der Waals surface area contributed by atoms with Gasteiger partial charge in [-0.05, 0) is 32.6 Å². The van der Waals surface area contributed by atoms with Crippen LogP contribution in [0.3, 0.4) is 0 Å². The van der Waals surface area contributed by atoms with Crippen LogP contribution in [0.2, 0.25) is 0 Å². The van der Waals surface area contributed by atoms with Crippen molar-refractivity contribution < 1.29 is 72.3 Å². The first-order valence-electron chi connectivity index (χ1n) is 26.9. The summed E-state index contributed by atoms with van der Waals surface area (Å²) < 4.78 is 46.6. The highest BCUT2D eigenvalue weighted by molar-refractivity contribution is 7.46. The van der Waals surface area contributed by atoms with Crippen LogP contribution in [0, 0.1) is 0 Å². The monoisotopic (exact) mass is 996 g/mol. The quantitative estimate of drug-likeness (QED) is 0.0189. The van der Waals surface area contributed by atoms with Crippen molar-refractivity contribution >= 4 is 25.7 Å². The van der Waals surface area contributed by atoms with E-state index in [-0.39, 0.29) is 19.4 Å². The Labute approximate surface area is 410 Å². The molecule has 1 aliphatic heterocycles. The molecule has 0 aromatic heterocycles. The summed E-state index contributed by atoms with van der Waals surface area (Å²) >= 11 is 0. The van der Waals surface area contributed by atoms with Crippen LogP contribution < -0.4 is 5.32 Å². The maximum absolute atomic E-state index is 14.1. The molecule has 0 bridgehead atoms. The molecule has 68 heavy (non-hydrogen) atoms. The van der Waals surface area contributed by atoms with Gasteiger partial charge in [-0.2, -0.15) is 0 Å². The van der Waals surface area contributed by atoms with E-state index in [1.807, 2.05) is 0 Å². The van der Waals surface area contributed by atoms with E-state index in [9.17, 15) is 44.1 Å². The first kappa shape index (κ1) is 64.3. The Morgan fingerprint density at radius 3 is 1.57 bits per heavy atom. The van der Waals surface area contributed by atoms with Crippen LogP contribution in [0.5, 0.6) is 0 Å². The highest BCUT2D eigenvalue weighted by Gasteiger charge is 2.52. The number of amides is 1. The number of hydrogen-bond acceptors (Lipinski definition) is 13. The first-order valence-corrected chi connectivity index (χ1v) is 28.4. The predicted octanol–water partition coefficient (Wildman–Crippen LogP) is 9.81. The van der Waals surface area contributed by atoms with E-state index in [4.69, 9.17) is 28.2 Å². The van der Waals surface area contributed by atoms with E-state index in [0.29, 0.717) is 32.1 Å². The molecule has 1 aliphatic rings. The summed E-state index contributed by atoms with van der Waals surface area (Å²) in [6, 6.07) is -1.50. The average Bonchev–Trinajstić information content (AvgIpc) is 3.28. The van der Waals surface area contributed by atoms with Crippen LogP contribution >= 0.6 is 7.82 Å². The molecule has 0 aromatic rings. The van der Waals surface area contributed by atoms with Crippen molar-refractivity contribution in [3.8, 4) is 0 Å². The van der Waals surface area contributed by atoms with Gasteiger partial charge >= 0.3 is 19.8 Å². The molecular formula is C51H98NO15P. The normalized spacial score (nSPS) is 20.4. The van der Waals surface area contributed by atoms with Crippen LogP contribution in [0.4, 0.5) is 0 Å². The number of carbonyl (C=O) groups excluding carboxylic acids is 3. The molecule has 0 radical (unpaired) electrons. The van der Waals surface area contributed by atoms with Crippen LogP contribution in [-0.4, -0.2) is 118 Å². The maximum atomic E-state index is 14.1. The number of esters is 2. The fourth-order valence-electron chi connectivity index (χ4n) is 8.71. The zero-order valence-corrected chi connectivity index (χ0v) is 43.9. The number of nitrogens with one attached hydrogen (secondary N) is 1. The molecule has 17 heteroatoms. The number of carbonyl (C=O) groups is 3. The molecule has 6 N–H and O–H groups in total. The summed E-state index contributed by atoms with van der Waals surface area (Å²) in [7, 11) is -3.98. The van der Waals surface area contributed by atoms with Gasteiger partial charge in [-0.3, -0.25) is 18.9 Å². The third-order valence-electron chi connectivity index (χ3n) is 12.8. The Morgan fingerprint density at radius 1 is 0.647 bits per heavy atom. The Hall–Kier alpha value is -1.72. The molecule has 1 amide bonds. The Kier molecular flexibility index (Phi) is 38.6. The topological polar surface area (TPSA) is 237 Å². The lowest BCUT2D eigenvalue weighted by Crippen LogP contribution is -2.66. The molecule has 0 saturated carbocycles. The number of ether oxygens (including phenoxy) is 5. The molecule has 6 unspecified atom stereocenters. The smallest absolute Gasteiger partial charge is 0.462 e. The number of phosphoric acid groups is 1. The summed E-state index contributed by atoms with van der Waals surface area (Å²) in [5.41, 5.74) is 0. The molecule has 0 spiro atoms. The first-order chi connectivity index (χ1) is 32.7. The fourth-order valence-corrected chi connectivity index (χ4v) is 9.29. The lowest BCUT2D eigenvalue weighted by Gasteiger charge is -2.45. The minimum Gasteiger partial charge on any atom is -0.462 e. The summed E-state index contributed by atoms with van der Waals surface area (Å²) in [4.78, 5) is 60.9. The van der Waals surface area contributed by atoms with Crippen molar-refractivity contribution in [3.05, 3.63) is 0 Å². The number of methoxy groups -OCH3 is 1. The van der Waals surface area contributed by atoms with E-state index < -0.39 is 93.8 Å². The predicted molar refractivity (Wildman–Crippen MR) is 264 cm³/mol. The van der Waals surface area contributed by atoms with Crippen molar-refractivity contribution in [1.29, 1.82) is 0 Å². The van der Waals surface area contributed by atoms with E-state index in [1.165, 1.54) is 97.5 Å². The summed E-state index contributed by atoms with van der Waals surface area (Å²) in [6.07, 6.45) is 19.1. The molecule has 1 saturated heterocycles. The molecule has 1 fully saturated rings. The standard InChI is InChI=1S/C51H98NO15P/c1-6-9-12-15-18-21-24-27-30-33-41(55)36-47(58)66-50-48(51(63-39-44(62-5)40(4)54)65-43(38-53)49(50)67-68(59,60)61)52-45(56)37-42(34-31-28-25-22-19-16-13-10-7-2)64-46(57)35-32-29-26-23-20-17-14-11-8-3/h40-44,48-51,53-55H,6-39H2,1-5H3,(H,52,56)(H2,59,60,61)/t40-,41+,42+,43?,44?,48?,49?,50?,51?/m0/s1. The molecule has 0 aliphatic carbocycles. The lowest BCUT2D eigenvalue weighted by atomic mass is 9.95. The number of rotatable bonds is 45. The zero-order valence-electron chi connectivity index (χ0n) is 43.0. The number of aliphatic hydroxyl groups is 3. The minimum absolute atomic E-state index is 0.217. The minimum atomic E-state index is -5.34. The third-order valence-corrected chi connectivity index (χ3v) is 13.3. The molecule has 0 aromatic carbocycles. The maximum Gasteiger partial charge on any atom is 0.470 e. The van der Waals surface area contributed by atoms with Crippen molar-refractivity contribution in [3.63, 3.8) is 0 Å². The van der Waals surface area contributed by atoms with Crippen LogP contribution in [-0.2, 0) is 47.2 Å². The van der Waals surface area contributed by atoms with E-state index in [1.54, 1.807) is 0 Å². The molecule has 9 atom stereocenters. The van der Waals surface area contributed by atoms with Gasteiger partial charge in [0.05, 0.1) is 38.3 Å². The molecule has 16 nitrogen and oxygen atoms in total. The molecule has 1 heterocycles. The van der Waals surface area contributed by atoms with E-state index >= 15 is 0 Å². The van der Waals surface area contributed by atoms with E-state index in [0.717, 1.165) is 70.6 Å². The molecule has 1 rings (SSSR count). The number of phosphoric ester groups is 1. The second-order valence-electron chi connectivity index (χ2n) is 19.2. The molecular weight excluding hydrogens is 898 g/mol. The van der Waals surface area contributed by atoms with Gasteiger partial charge in [0, 0.05) is 13.5 Å². The van der Waals surface area contributed by atoms with Gasteiger partial charge in [-0.1, -0.05) is 181 Å². The summed E-state index contributed by atoms with van der Waals surface area (Å²) in [6.45, 7) is 6.89. The van der Waals surface area contributed by atoms with Gasteiger partial charge < -0.3 is 54.1 Å². The van der Waals surface area contributed by atoms with Crippen molar-refractivity contribution in [2.45, 2.75) is 288 Å². The van der Waals surface area contributed by atoms with Crippen LogP contribution in [0.1, 0.15) is 233 Å². The van der Waals surface area contributed by atoms with Gasteiger partial charge in [0.25, 0.3) is 0 Å². The second kappa shape index (κ2) is 40.8. The molecule has 402 valence electrons. The highest BCUT2D eigenvalue weighted by atomic mass is 31.2. The largest absolute Gasteiger partial charge is 0.470 e. The van der Waals surface area contributed by atoms with Crippen LogP contribution in [0.15, 0.2) is 0 Å². The highest BCUT2D eigenvalue weighted by Crippen LogP contribution is 2.42. The SMILES string of the molecule is CCCCCCCCCCCC(=O)O[C@H](CCCCCCCCCCC)CC(=O)NC1C(OCC(OC)[C@H](C)O)OC(CO)C(OP(=O)(O)O)C1OC(=O)C[C@H](O)CCCCCCCCCCC. The second-order valence-corrected chi connectivity index (χ2v) is 20.4. The van der Waals surface area contributed by atoms with Crippen LogP contribution in [0.25, 0.3) is 0 Å². The Bertz CT molecular complexity index is 1300. The Balaban J connectivity index is 3.28. The number of aliphatic hydroxyl groups excluding tert-OH is 3. The van der Waals surface area contributed by atoms with Gasteiger partial charge in [-0.25, -0.2) is 4.57 Å². The van der Waals surface area contributed by atoms with E-state index in [2.05, 4.69) is 26.1 Å². The zero-order chi connectivity index (χ0) is 50.4. The van der Waals surface area contributed by atoms with Gasteiger partial charge in [0.15, 0.2) is 12.4 Å². The van der Waals surface area contributed by atoms with Crippen molar-refractivity contribution in [1.82, 2.24) is 5.32 Å². The third kappa shape index (κ3) is 32.3. The Morgan fingerprint density at radius 2 is 1.12 bits per heavy atom. The lowest BCUT2D eigenvalue weighted by molar-refractivity contribution is -0.277. The van der Waals surface area contributed by atoms with Gasteiger partial charge in [0.2, 0.25) is 5.91 Å². The number of hydrogen-bond donors (Lipinski definition) is 6.